The van der Waals surface area contributed by atoms with E-state index in [-0.39, 0.29) is 11.3 Å². The largest absolute Gasteiger partial charge is 0.339 e. The molecule has 0 saturated carbocycles. The van der Waals surface area contributed by atoms with Crippen LogP contribution >= 0.6 is 0 Å². The number of nitrogens with one attached hydrogen (secondary N) is 1. The minimum absolute atomic E-state index is 0.198. The van der Waals surface area contributed by atoms with Crippen molar-refractivity contribution in [1.82, 2.24) is 10.2 Å². The van der Waals surface area contributed by atoms with Crippen molar-refractivity contribution in [1.29, 1.82) is 0 Å². The number of benzene rings is 2. The Morgan fingerprint density at radius 2 is 1.68 bits per heavy atom. The first kappa shape index (κ1) is 24.7. The van der Waals surface area contributed by atoms with Crippen LogP contribution in [0.15, 0.2) is 48.5 Å². The number of carbonyl (C=O) groups is 1. The van der Waals surface area contributed by atoms with E-state index in [9.17, 15) is 13.2 Å². The molecule has 1 spiro atoms. The number of nitrogens with zero attached hydrogens (tertiary/aromatic N) is 2. The molecule has 0 bridgehead atoms. The van der Waals surface area contributed by atoms with E-state index in [1.165, 1.54) is 16.7 Å². The molecule has 1 amide bonds. The van der Waals surface area contributed by atoms with Gasteiger partial charge in [0.05, 0.1) is 12.9 Å². The third-order valence-corrected chi connectivity index (χ3v) is 7.47. The van der Waals surface area contributed by atoms with E-state index >= 15 is 0 Å². The molecule has 7 nitrogen and oxygen atoms in total. The summed E-state index contributed by atoms with van der Waals surface area (Å²) in [6.45, 7) is 9.47. The first-order valence-corrected chi connectivity index (χ1v) is 13.6. The van der Waals surface area contributed by atoms with Crippen molar-refractivity contribution >= 4 is 21.7 Å². The van der Waals surface area contributed by atoms with E-state index in [0.717, 1.165) is 38.0 Å². The van der Waals surface area contributed by atoms with Gasteiger partial charge < -0.3 is 10.2 Å². The van der Waals surface area contributed by atoms with Gasteiger partial charge in [0.15, 0.2) is 0 Å². The standard InChI is InChI=1S/C25H31N3O.CH4O3S/c1-18-9-10-21-20(15-18)22(16-24(21,2)3)27-13-11-25(12-14-27)23(29)26-17-28(25)19-7-5-4-6-8-19;1-5(2,3)4/h4-10,15,22H,11-14,16-17H2,1-3H3,(H,26,29);1H3,(H,2,3,4). The maximum absolute atomic E-state index is 12.9. The number of rotatable bonds is 2. The van der Waals surface area contributed by atoms with Crippen LogP contribution in [0.5, 0.6) is 0 Å². The zero-order valence-electron chi connectivity index (χ0n) is 20.4. The Kier molecular flexibility index (Phi) is 6.52. The van der Waals surface area contributed by atoms with Crippen LogP contribution in [0.1, 0.15) is 55.8 Å². The Morgan fingerprint density at radius 1 is 1.06 bits per heavy atom. The minimum atomic E-state index is -3.67. The Balaban J connectivity index is 0.000000499. The summed E-state index contributed by atoms with van der Waals surface area (Å²) in [5.74, 6) is 0.198. The van der Waals surface area contributed by atoms with E-state index in [2.05, 4.69) is 78.4 Å². The molecule has 2 aromatic carbocycles. The summed E-state index contributed by atoms with van der Waals surface area (Å²) in [7, 11) is -3.67. The summed E-state index contributed by atoms with van der Waals surface area (Å²) in [5.41, 5.74) is 5.29. The lowest BCUT2D eigenvalue weighted by molar-refractivity contribution is -0.125. The van der Waals surface area contributed by atoms with E-state index in [1.54, 1.807) is 0 Å². The van der Waals surface area contributed by atoms with Gasteiger partial charge in [-0.3, -0.25) is 14.2 Å². The molecule has 34 heavy (non-hydrogen) atoms. The average Bonchev–Trinajstić information content (AvgIpc) is 3.21. The summed E-state index contributed by atoms with van der Waals surface area (Å²) in [6, 6.07) is 17.8. The number of hydrogen-bond donors (Lipinski definition) is 2. The molecule has 5 rings (SSSR count). The second-order valence-electron chi connectivity index (χ2n) is 10.4. The van der Waals surface area contributed by atoms with Crippen molar-refractivity contribution in [3.05, 3.63) is 65.2 Å². The molecular formula is C26H35N3O4S. The number of likely N-dealkylation sites (tertiary alicyclic amines) is 1. The summed E-state index contributed by atoms with van der Waals surface area (Å²) in [5, 5.41) is 3.12. The van der Waals surface area contributed by atoms with E-state index < -0.39 is 15.7 Å². The number of carbonyl (C=O) groups excluding carboxylic acids is 1. The number of hydrogen-bond acceptors (Lipinski definition) is 5. The Labute approximate surface area is 202 Å². The fourth-order valence-corrected chi connectivity index (χ4v) is 5.84. The van der Waals surface area contributed by atoms with Gasteiger partial charge in [-0.15, -0.1) is 0 Å². The predicted molar refractivity (Wildman–Crippen MR) is 135 cm³/mol. The Hall–Kier alpha value is -2.42. The van der Waals surface area contributed by atoms with Crippen molar-refractivity contribution in [2.75, 3.05) is 30.9 Å². The van der Waals surface area contributed by atoms with Crippen molar-refractivity contribution in [2.45, 2.75) is 57.0 Å². The van der Waals surface area contributed by atoms with Crippen LogP contribution in [0.4, 0.5) is 5.69 Å². The van der Waals surface area contributed by atoms with Gasteiger partial charge in [-0.1, -0.05) is 55.8 Å². The molecule has 2 heterocycles. The molecule has 3 aliphatic rings. The smallest absolute Gasteiger partial charge is 0.261 e. The predicted octanol–water partition coefficient (Wildman–Crippen LogP) is 3.65. The van der Waals surface area contributed by atoms with Crippen molar-refractivity contribution in [2.24, 2.45) is 0 Å². The highest BCUT2D eigenvalue weighted by molar-refractivity contribution is 7.85. The molecule has 1 unspecified atom stereocenters. The van der Waals surface area contributed by atoms with Gasteiger partial charge in [0.2, 0.25) is 5.91 Å². The third-order valence-electron chi connectivity index (χ3n) is 7.47. The molecule has 2 fully saturated rings. The van der Waals surface area contributed by atoms with Crippen molar-refractivity contribution in [3.63, 3.8) is 0 Å². The summed E-state index contributed by atoms with van der Waals surface area (Å²) in [6.07, 6.45) is 3.64. The SMILES string of the molecule is CS(=O)(=O)O.Cc1ccc2c(c1)C(N1CCC3(CC1)C(=O)NCN3c1ccccc1)CC2(C)C. The molecule has 0 radical (unpaired) electrons. The summed E-state index contributed by atoms with van der Waals surface area (Å²) < 4.78 is 25.9. The molecule has 2 N–H and O–H groups in total. The van der Waals surface area contributed by atoms with Crippen LogP contribution in [0.3, 0.4) is 0 Å². The molecule has 0 aromatic heterocycles. The molecule has 8 heteroatoms. The van der Waals surface area contributed by atoms with E-state index in [1.807, 2.05) is 6.07 Å². The van der Waals surface area contributed by atoms with Crippen LogP contribution in [0.25, 0.3) is 0 Å². The molecule has 184 valence electrons. The second-order valence-corrected chi connectivity index (χ2v) is 11.9. The molecule has 2 saturated heterocycles. The molecule has 2 aromatic rings. The van der Waals surface area contributed by atoms with Crippen LogP contribution in [-0.2, 0) is 20.3 Å². The van der Waals surface area contributed by atoms with Gasteiger partial charge in [-0.05, 0) is 54.9 Å². The lowest BCUT2D eigenvalue weighted by atomic mass is 9.84. The molecule has 1 atom stereocenters. The lowest BCUT2D eigenvalue weighted by Gasteiger charge is -2.45. The number of fused-ring (bicyclic) bond motifs is 1. The Morgan fingerprint density at radius 3 is 2.29 bits per heavy atom. The first-order valence-electron chi connectivity index (χ1n) is 11.8. The van der Waals surface area contributed by atoms with Crippen molar-refractivity contribution < 1.29 is 17.8 Å². The van der Waals surface area contributed by atoms with Crippen LogP contribution in [0, 0.1) is 6.92 Å². The summed E-state index contributed by atoms with van der Waals surface area (Å²) >= 11 is 0. The molecular weight excluding hydrogens is 450 g/mol. The monoisotopic (exact) mass is 485 g/mol. The number of para-hydroxylation sites is 1. The highest BCUT2D eigenvalue weighted by atomic mass is 32.2. The summed E-state index contributed by atoms with van der Waals surface area (Å²) in [4.78, 5) is 17.9. The normalized spacial score (nSPS) is 23.3. The first-order chi connectivity index (χ1) is 15.9. The number of amides is 1. The second kappa shape index (κ2) is 8.98. The lowest BCUT2D eigenvalue weighted by Crippen LogP contribution is -2.56. The third kappa shape index (κ3) is 4.85. The minimum Gasteiger partial charge on any atom is -0.339 e. The zero-order valence-corrected chi connectivity index (χ0v) is 21.2. The maximum atomic E-state index is 12.9. The highest BCUT2D eigenvalue weighted by Gasteiger charge is 2.52. The number of anilines is 1. The van der Waals surface area contributed by atoms with Gasteiger partial charge in [-0.2, -0.15) is 8.42 Å². The number of aryl methyl sites for hydroxylation is 1. The van der Waals surface area contributed by atoms with Crippen LogP contribution in [0.2, 0.25) is 0 Å². The fourth-order valence-electron chi connectivity index (χ4n) is 5.84. The van der Waals surface area contributed by atoms with Gasteiger partial charge in [0.25, 0.3) is 10.1 Å². The van der Waals surface area contributed by atoms with Crippen LogP contribution in [-0.4, -0.2) is 55.3 Å². The van der Waals surface area contributed by atoms with Gasteiger partial charge in [0.1, 0.15) is 5.54 Å². The number of piperidine rings is 1. The molecule has 2 aliphatic heterocycles. The quantitative estimate of drug-likeness (QED) is 0.631. The Bertz CT molecular complexity index is 1150. The van der Waals surface area contributed by atoms with Gasteiger partial charge >= 0.3 is 0 Å². The average molecular weight is 486 g/mol. The topological polar surface area (TPSA) is 90.0 Å². The molecule has 1 aliphatic carbocycles. The van der Waals surface area contributed by atoms with Gasteiger partial charge in [-0.25, -0.2) is 0 Å². The van der Waals surface area contributed by atoms with E-state index in [0.29, 0.717) is 19.0 Å². The zero-order chi connectivity index (χ0) is 24.7. The van der Waals surface area contributed by atoms with Gasteiger partial charge in [0, 0.05) is 24.8 Å². The van der Waals surface area contributed by atoms with Crippen LogP contribution < -0.4 is 10.2 Å². The van der Waals surface area contributed by atoms with Crippen molar-refractivity contribution in [3.8, 4) is 0 Å². The fraction of sp³-hybridized carbons (Fsp3) is 0.500. The maximum Gasteiger partial charge on any atom is 0.261 e. The highest BCUT2D eigenvalue weighted by Crippen LogP contribution is 2.49. The van der Waals surface area contributed by atoms with E-state index in [4.69, 9.17) is 4.55 Å².